The zero-order chi connectivity index (χ0) is 20.6. The fourth-order valence-electron chi connectivity index (χ4n) is 2.46. The van der Waals surface area contributed by atoms with Gasteiger partial charge in [-0.2, -0.15) is 9.94 Å². The van der Waals surface area contributed by atoms with Crippen LogP contribution in [-0.4, -0.2) is 34.7 Å². The maximum absolute atomic E-state index is 12.3. The van der Waals surface area contributed by atoms with Crippen LogP contribution >= 0.6 is 0 Å². The van der Waals surface area contributed by atoms with Gasteiger partial charge < -0.3 is 14.2 Å². The maximum atomic E-state index is 12.3. The number of benzene rings is 2. The third-order valence-corrected chi connectivity index (χ3v) is 3.85. The number of carbonyl (C=O) groups excluding carboxylic acids is 1. The van der Waals surface area contributed by atoms with E-state index < -0.39 is 11.5 Å². The number of hydrogen-bond donors (Lipinski definition) is 0. The molecule has 1 heterocycles. The molecule has 0 spiro atoms. The summed E-state index contributed by atoms with van der Waals surface area (Å²) in [7, 11) is 1.47. The van der Waals surface area contributed by atoms with Crippen molar-refractivity contribution in [3.63, 3.8) is 0 Å². The van der Waals surface area contributed by atoms with Crippen molar-refractivity contribution in [2.24, 2.45) is 0 Å². The summed E-state index contributed by atoms with van der Waals surface area (Å²) in [6, 6.07) is 13.6. The van der Waals surface area contributed by atoms with E-state index in [0.29, 0.717) is 28.0 Å². The highest BCUT2D eigenvalue weighted by Crippen LogP contribution is 2.28. The average Bonchev–Trinajstić information content (AvgIpc) is 2.76. The van der Waals surface area contributed by atoms with Crippen molar-refractivity contribution in [1.29, 1.82) is 5.26 Å². The fourth-order valence-corrected chi connectivity index (χ4v) is 2.46. The van der Waals surface area contributed by atoms with Gasteiger partial charge in [-0.1, -0.05) is 23.4 Å². The van der Waals surface area contributed by atoms with Crippen LogP contribution in [-0.2, 0) is 16.3 Å². The SMILES string of the molecule is COc1cc(C=CC(=O)OCn2nnc3ccccc3c2=O)ccc1OCC#N. The number of esters is 1. The highest BCUT2D eigenvalue weighted by atomic mass is 16.5. The summed E-state index contributed by atoms with van der Waals surface area (Å²) < 4.78 is 16.5. The van der Waals surface area contributed by atoms with Crippen LogP contribution in [0, 0.1) is 11.3 Å². The summed E-state index contributed by atoms with van der Waals surface area (Å²) in [4.78, 5) is 24.3. The van der Waals surface area contributed by atoms with Crippen molar-refractivity contribution in [3.05, 3.63) is 64.5 Å². The van der Waals surface area contributed by atoms with E-state index in [4.69, 9.17) is 19.5 Å². The summed E-state index contributed by atoms with van der Waals surface area (Å²) >= 11 is 0. The highest BCUT2D eigenvalue weighted by Gasteiger charge is 2.07. The topological polar surface area (TPSA) is 116 Å². The molecule has 0 radical (unpaired) electrons. The molecule has 2 aromatic carbocycles. The van der Waals surface area contributed by atoms with Gasteiger partial charge in [0.2, 0.25) is 0 Å². The number of methoxy groups -OCH3 is 1. The molecule has 0 N–H and O–H groups in total. The molecule has 0 bridgehead atoms. The lowest BCUT2D eigenvalue weighted by Crippen LogP contribution is -2.26. The van der Waals surface area contributed by atoms with E-state index in [0.717, 1.165) is 4.68 Å². The van der Waals surface area contributed by atoms with Gasteiger partial charge in [0.05, 0.1) is 12.5 Å². The summed E-state index contributed by atoms with van der Waals surface area (Å²) in [6.07, 6.45) is 2.73. The number of carbonyl (C=O) groups is 1. The average molecular weight is 392 g/mol. The Bertz CT molecular complexity index is 1160. The number of nitriles is 1. The van der Waals surface area contributed by atoms with Crippen molar-refractivity contribution < 1.29 is 19.0 Å². The first kappa shape index (κ1) is 19.6. The molecule has 0 fully saturated rings. The fraction of sp³-hybridized carbons (Fsp3) is 0.150. The van der Waals surface area contributed by atoms with Gasteiger partial charge in [-0.25, -0.2) is 4.79 Å². The molecule has 0 aliphatic rings. The van der Waals surface area contributed by atoms with Crippen molar-refractivity contribution in [1.82, 2.24) is 15.0 Å². The molecule has 1 aromatic heterocycles. The molecule has 9 nitrogen and oxygen atoms in total. The molecular weight excluding hydrogens is 376 g/mol. The van der Waals surface area contributed by atoms with Gasteiger partial charge >= 0.3 is 5.97 Å². The van der Waals surface area contributed by atoms with Gasteiger partial charge in [-0.05, 0) is 35.9 Å². The lowest BCUT2D eigenvalue weighted by atomic mass is 10.2. The van der Waals surface area contributed by atoms with Gasteiger partial charge in [0, 0.05) is 6.08 Å². The first-order chi connectivity index (χ1) is 14.1. The molecule has 0 atom stereocenters. The lowest BCUT2D eigenvalue weighted by Gasteiger charge is -2.08. The molecule has 0 saturated heterocycles. The summed E-state index contributed by atoms with van der Waals surface area (Å²) in [5.74, 6) is 0.187. The second kappa shape index (κ2) is 9.14. The van der Waals surface area contributed by atoms with E-state index in [1.54, 1.807) is 42.5 Å². The number of rotatable bonds is 7. The Labute approximate surface area is 165 Å². The monoisotopic (exact) mass is 392 g/mol. The van der Waals surface area contributed by atoms with E-state index in [2.05, 4.69) is 10.3 Å². The molecule has 9 heteroatoms. The van der Waals surface area contributed by atoms with Gasteiger partial charge in [0.15, 0.2) is 24.8 Å². The minimum Gasteiger partial charge on any atom is -0.493 e. The van der Waals surface area contributed by atoms with Gasteiger partial charge in [0.25, 0.3) is 5.56 Å². The van der Waals surface area contributed by atoms with E-state index in [1.165, 1.54) is 19.3 Å². The molecule has 3 rings (SSSR count). The lowest BCUT2D eigenvalue weighted by molar-refractivity contribution is -0.141. The summed E-state index contributed by atoms with van der Waals surface area (Å²) in [6.45, 7) is -0.459. The number of aromatic nitrogens is 3. The molecule has 0 amide bonds. The first-order valence-electron chi connectivity index (χ1n) is 8.47. The molecule has 0 saturated carbocycles. The van der Waals surface area contributed by atoms with Crippen molar-refractivity contribution in [2.75, 3.05) is 13.7 Å². The number of ether oxygens (including phenoxy) is 3. The zero-order valence-electron chi connectivity index (χ0n) is 15.4. The van der Waals surface area contributed by atoms with Crippen LogP contribution in [0.15, 0.2) is 53.3 Å². The van der Waals surface area contributed by atoms with E-state index in [9.17, 15) is 9.59 Å². The van der Waals surface area contributed by atoms with Crippen LogP contribution in [0.4, 0.5) is 0 Å². The molecule has 0 unspecified atom stereocenters. The van der Waals surface area contributed by atoms with Crippen molar-refractivity contribution >= 4 is 22.9 Å². The van der Waals surface area contributed by atoms with E-state index in [1.807, 2.05) is 6.07 Å². The quantitative estimate of drug-likeness (QED) is 0.442. The molecule has 0 aliphatic heterocycles. The van der Waals surface area contributed by atoms with Crippen LogP contribution in [0.1, 0.15) is 5.56 Å². The second-order valence-corrected chi connectivity index (χ2v) is 5.69. The molecular formula is C20H16N4O5. The van der Waals surface area contributed by atoms with E-state index in [-0.39, 0.29) is 13.3 Å². The van der Waals surface area contributed by atoms with Crippen LogP contribution in [0.2, 0.25) is 0 Å². The predicted molar refractivity (Wildman–Crippen MR) is 103 cm³/mol. The maximum Gasteiger partial charge on any atom is 0.332 e. The third kappa shape index (κ3) is 4.75. The first-order valence-corrected chi connectivity index (χ1v) is 8.47. The second-order valence-electron chi connectivity index (χ2n) is 5.69. The molecule has 146 valence electrons. The van der Waals surface area contributed by atoms with Crippen LogP contribution in [0.3, 0.4) is 0 Å². The molecule has 29 heavy (non-hydrogen) atoms. The largest absolute Gasteiger partial charge is 0.493 e. The van der Waals surface area contributed by atoms with Crippen molar-refractivity contribution in [2.45, 2.75) is 6.73 Å². The number of fused-ring (bicyclic) bond motifs is 1. The Hall–Kier alpha value is -4.19. The van der Waals surface area contributed by atoms with Crippen LogP contribution < -0.4 is 15.0 Å². The number of nitrogens with zero attached hydrogens (tertiary/aromatic N) is 4. The van der Waals surface area contributed by atoms with Crippen LogP contribution in [0.25, 0.3) is 17.0 Å². The predicted octanol–water partition coefficient (Wildman–Crippen LogP) is 1.92. The summed E-state index contributed by atoms with van der Waals surface area (Å²) in [5.41, 5.74) is 0.729. The van der Waals surface area contributed by atoms with E-state index >= 15 is 0 Å². The highest BCUT2D eigenvalue weighted by molar-refractivity contribution is 5.87. The Morgan fingerprint density at radius 3 is 2.86 bits per heavy atom. The Kier molecular flexibility index (Phi) is 6.17. The smallest absolute Gasteiger partial charge is 0.332 e. The van der Waals surface area contributed by atoms with Gasteiger partial charge in [0.1, 0.15) is 11.6 Å². The number of hydrogen-bond acceptors (Lipinski definition) is 8. The molecule has 0 aliphatic carbocycles. The van der Waals surface area contributed by atoms with Crippen molar-refractivity contribution in [3.8, 4) is 17.6 Å². The minimum absolute atomic E-state index is 0.102. The Morgan fingerprint density at radius 1 is 1.24 bits per heavy atom. The van der Waals surface area contributed by atoms with Crippen LogP contribution in [0.5, 0.6) is 11.5 Å². The summed E-state index contributed by atoms with van der Waals surface area (Å²) in [5, 5.41) is 16.6. The normalized spacial score (nSPS) is 10.6. The third-order valence-electron chi connectivity index (χ3n) is 3.85. The Balaban J connectivity index is 1.65. The standard InChI is InChI=1S/C20H16N4O5/c1-27-18-12-14(6-8-17(18)28-11-10-21)7-9-19(25)29-13-24-20(26)15-4-2-3-5-16(15)22-23-24/h2-9,12H,11,13H2,1H3. The zero-order valence-corrected chi connectivity index (χ0v) is 15.4. The van der Waals surface area contributed by atoms with Gasteiger partial charge in [-0.15, -0.1) is 5.10 Å². The minimum atomic E-state index is -0.657. The Morgan fingerprint density at radius 2 is 2.07 bits per heavy atom. The molecule has 3 aromatic rings. The van der Waals surface area contributed by atoms with Gasteiger partial charge in [-0.3, -0.25) is 4.79 Å².